The first-order valence-electron chi connectivity index (χ1n) is 7.72. The number of carbonyl (C=O) groups is 2. The van der Waals surface area contributed by atoms with Gasteiger partial charge in [0.25, 0.3) is 0 Å². The quantitative estimate of drug-likeness (QED) is 0.844. The van der Waals surface area contributed by atoms with E-state index < -0.39 is 0 Å². The molecule has 3 rings (SSSR count). The summed E-state index contributed by atoms with van der Waals surface area (Å²) in [7, 11) is 1.53. The van der Waals surface area contributed by atoms with E-state index in [0.29, 0.717) is 32.1 Å². The van der Waals surface area contributed by atoms with E-state index in [1.807, 2.05) is 4.90 Å². The number of hydrogen-bond acceptors (Lipinski definition) is 4. The molecule has 0 bridgehead atoms. The predicted octanol–water partition coefficient (Wildman–Crippen LogP) is 1.48. The van der Waals surface area contributed by atoms with Crippen LogP contribution in [0.3, 0.4) is 0 Å². The Labute approximate surface area is 134 Å². The minimum Gasteiger partial charge on any atom is -0.375 e. The SMILES string of the molecule is COCC(=O)N1CCN(C(=O)[C@@H]2C[C@H]2c2ccc(C)s2)CC1. The molecule has 0 spiro atoms. The van der Waals surface area contributed by atoms with E-state index in [0.717, 1.165) is 6.42 Å². The van der Waals surface area contributed by atoms with Gasteiger partial charge in [0.1, 0.15) is 6.61 Å². The van der Waals surface area contributed by atoms with Crippen LogP contribution < -0.4 is 0 Å². The van der Waals surface area contributed by atoms with Gasteiger partial charge in [0, 0.05) is 54.9 Å². The molecule has 1 aliphatic carbocycles. The van der Waals surface area contributed by atoms with Crippen molar-refractivity contribution in [3.8, 4) is 0 Å². The molecule has 1 aromatic rings. The highest BCUT2D eigenvalue weighted by Crippen LogP contribution is 2.50. The minimum atomic E-state index is 0.00737. The molecule has 1 saturated heterocycles. The average molecular weight is 322 g/mol. The highest BCUT2D eigenvalue weighted by atomic mass is 32.1. The molecule has 5 nitrogen and oxygen atoms in total. The maximum absolute atomic E-state index is 12.6. The summed E-state index contributed by atoms with van der Waals surface area (Å²) in [6.07, 6.45) is 0.974. The number of thiophene rings is 1. The van der Waals surface area contributed by atoms with Crippen molar-refractivity contribution >= 4 is 23.2 Å². The second-order valence-corrected chi connectivity index (χ2v) is 7.36. The van der Waals surface area contributed by atoms with Crippen LogP contribution in [0, 0.1) is 12.8 Å². The van der Waals surface area contributed by atoms with Gasteiger partial charge in [-0.25, -0.2) is 0 Å². The Bertz CT molecular complexity index is 563. The van der Waals surface area contributed by atoms with Crippen LogP contribution in [0.25, 0.3) is 0 Å². The summed E-state index contributed by atoms with van der Waals surface area (Å²) in [5, 5.41) is 0. The molecular formula is C16H22N2O3S. The van der Waals surface area contributed by atoms with Gasteiger partial charge in [-0.2, -0.15) is 0 Å². The van der Waals surface area contributed by atoms with Gasteiger partial charge in [-0.15, -0.1) is 11.3 Å². The molecule has 0 aromatic carbocycles. The zero-order chi connectivity index (χ0) is 15.7. The van der Waals surface area contributed by atoms with Crippen LogP contribution in [0.5, 0.6) is 0 Å². The van der Waals surface area contributed by atoms with Crippen LogP contribution >= 0.6 is 11.3 Å². The molecular weight excluding hydrogens is 300 g/mol. The van der Waals surface area contributed by atoms with Gasteiger partial charge >= 0.3 is 0 Å². The molecule has 120 valence electrons. The van der Waals surface area contributed by atoms with Crippen LogP contribution in [-0.2, 0) is 14.3 Å². The Balaban J connectivity index is 1.50. The number of amides is 2. The van der Waals surface area contributed by atoms with Gasteiger partial charge < -0.3 is 14.5 Å². The van der Waals surface area contributed by atoms with E-state index in [2.05, 4.69) is 19.1 Å². The van der Waals surface area contributed by atoms with Crippen LogP contribution in [0.2, 0.25) is 0 Å². The van der Waals surface area contributed by atoms with Gasteiger partial charge in [0.2, 0.25) is 11.8 Å². The van der Waals surface area contributed by atoms with Crippen LogP contribution in [0.1, 0.15) is 22.1 Å². The summed E-state index contributed by atoms with van der Waals surface area (Å²) in [4.78, 5) is 30.7. The first-order chi connectivity index (χ1) is 10.6. The molecule has 0 radical (unpaired) electrons. The Morgan fingerprint density at radius 1 is 1.23 bits per heavy atom. The van der Waals surface area contributed by atoms with E-state index in [1.165, 1.54) is 16.9 Å². The van der Waals surface area contributed by atoms with Crippen LogP contribution in [0.15, 0.2) is 12.1 Å². The largest absolute Gasteiger partial charge is 0.375 e. The van der Waals surface area contributed by atoms with Crippen molar-refractivity contribution in [2.75, 3.05) is 39.9 Å². The highest BCUT2D eigenvalue weighted by molar-refractivity contribution is 7.12. The van der Waals surface area contributed by atoms with Crippen molar-refractivity contribution < 1.29 is 14.3 Å². The smallest absolute Gasteiger partial charge is 0.248 e. The number of nitrogens with zero attached hydrogens (tertiary/aromatic N) is 2. The van der Waals surface area contributed by atoms with Crippen molar-refractivity contribution in [1.82, 2.24) is 9.80 Å². The van der Waals surface area contributed by atoms with E-state index in [1.54, 1.807) is 16.2 Å². The molecule has 0 unspecified atom stereocenters. The number of piperazine rings is 1. The lowest BCUT2D eigenvalue weighted by Gasteiger charge is -2.34. The molecule has 2 amide bonds. The first kappa shape index (κ1) is 15.5. The zero-order valence-corrected chi connectivity index (χ0v) is 13.9. The molecule has 1 saturated carbocycles. The van der Waals surface area contributed by atoms with E-state index >= 15 is 0 Å². The molecule has 1 aliphatic heterocycles. The lowest BCUT2D eigenvalue weighted by atomic mass is 10.2. The van der Waals surface area contributed by atoms with E-state index in [9.17, 15) is 9.59 Å². The second-order valence-electron chi connectivity index (χ2n) is 6.04. The highest BCUT2D eigenvalue weighted by Gasteiger charge is 2.46. The summed E-state index contributed by atoms with van der Waals surface area (Å²) in [6.45, 7) is 4.73. The van der Waals surface area contributed by atoms with Crippen molar-refractivity contribution in [2.45, 2.75) is 19.3 Å². The molecule has 6 heteroatoms. The number of ether oxygens (including phenoxy) is 1. The summed E-state index contributed by atoms with van der Waals surface area (Å²) < 4.78 is 4.87. The molecule has 2 fully saturated rings. The summed E-state index contributed by atoms with van der Waals surface area (Å²) in [5.41, 5.74) is 0. The molecule has 2 atom stereocenters. The monoisotopic (exact) mass is 322 g/mol. The molecule has 2 aliphatic rings. The fraction of sp³-hybridized carbons (Fsp3) is 0.625. The van der Waals surface area contributed by atoms with Gasteiger partial charge in [-0.05, 0) is 25.5 Å². The number of methoxy groups -OCH3 is 1. The van der Waals surface area contributed by atoms with Crippen LogP contribution in [-0.4, -0.2) is 61.5 Å². The third kappa shape index (κ3) is 3.17. The van der Waals surface area contributed by atoms with Crippen molar-refractivity contribution in [3.05, 3.63) is 21.9 Å². The third-order valence-electron chi connectivity index (χ3n) is 4.45. The maximum atomic E-state index is 12.6. The van der Waals surface area contributed by atoms with Crippen molar-refractivity contribution in [3.63, 3.8) is 0 Å². The van der Waals surface area contributed by atoms with Crippen molar-refractivity contribution in [1.29, 1.82) is 0 Å². The lowest BCUT2D eigenvalue weighted by molar-refractivity contribution is -0.142. The number of rotatable bonds is 4. The second kappa shape index (κ2) is 6.38. The molecule has 1 aromatic heterocycles. The average Bonchev–Trinajstić information content (AvgIpc) is 3.21. The van der Waals surface area contributed by atoms with Crippen LogP contribution in [0.4, 0.5) is 0 Å². The fourth-order valence-electron chi connectivity index (χ4n) is 3.06. The zero-order valence-electron chi connectivity index (χ0n) is 13.1. The Morgan fingerprint density at radius 3 is 2.50 bits per heavy atom. The molecule has 2 heterocycles. The summed E-state index contributed by atoms with van der Waals surface area (Å²) in [5.74, 6) is 0.835. The number of carbonyl (C=O) groups excluding carboxylic acids is 2. The molecule has 22 heavy (non-hydrogen) atoms. The predicted molar refractivity (Wildman–Crippen MR) is 84.9 cm³/mol. The summed E-state index contributed by atoms with van der Waals surface area (Å²) >= 11 is 1.80. The van der Waals surface area contributed by atoms with Gasteiger partial charge in [-0.3, -0.25) is 9.59 Å². The first-order valence-corrected chi connectivity index (χ1v) is 8.53. The number of aryl methyl sites for hydroxylation is 1. The molecule has 0 N–H and O–H groups in total. The van der Waals surface area contributed by atoms with Gasteiger partial charge in [0.05, 0.1) is 0 Å². The number of hydrogen-bond donors (Lipinski definition) is 0. The van der Waals surface area contributed by atoms with E-state index in [-0.39, 0.29) is 24.3 Å². The van der Waals surface area contributed by atoms with E-state index in [4.69, 9.17) is 4.74 Å². The maximum Gasteiger partial charge on any atom is 0.248 e. The Kier molecular flexibility index (Phi) is 4.49. The van der Waals surface area contributed by atoms with Gasteiger partial charge in [-0.1, -0.05) is 0 Å². The Morgan fingerprint density at radius 2 is 1.91 bits per heavy atom. The Hall–Kier alpha value is -1.40. The lowest BCUT2D eigenvalue weighted by Crippen LogP contribution is -2.51. The topological polar surface area (TPSA) is 49.9 Å². The standard InChI is InChI=1S/C16H22N2O3S/c1-11-3-4-14(22-11)12-9-13(12)16(20)18-7-5-17(6-8-18)15(19)10-21-2/h3-4,12-13H,5-10H2,1-2H3/t12-,13-/m1/s1. The summed E-state index contributed by atoms with van der Waals surface area (Å²) in [6, 6.07) is 4.28. The van der Waals surface area contributed by atoms with Crippen molar-refractivity contribution in [2.24, 2.45) is 5.92 Å². The van der Waals surface area contributed by atoms with Gasteiger partial charge in [0.15, 0.2) is 0 Å². The fourth-order valence-corrected chi connectivity index (χ4v) is 4.12. The third-order valence-corrected chi connectivity index (χ3v) is 5.58. The minimum absolute atomic E-state index is 0.00737. The normalized spacial score (nSPS) is 24.5.